The van der Waals surface area contributed by atoms with Gasteiger partial charge in [0.05, 0.1) is 9.79 Å². The van der Waals surface area contributed by atoms with Crippen LogP contribution in [-0.4, -0.2) is 52.2 Å². The van der Waals surface area contributed by atoms with Crippen LogP contribution in [0.3, 0.4) is 0 Å². The Hall–Kier alpha value is -2.47. The number of rotatable bonds is 10. The van der Waals surface area contributed by atoms with Crippen LogP contribution in [-0.2, 0) is 35.9 Å². The minimum Gasteiger partial charge on any atom is -0.480 e. The first-order chi connectivity index (χ1) is 14.4. The molecule has 0 saturated heterocycles. The largest absolute Gasteiger partial charge is 0.480 e. The number of carbonyl (C=O) groups is 2. The van der Waals surface area contributed by atoms with Gasteiger partial charge in [0.15, 0.2) is 9.84 Å². The van der Waals surface area contributed by atoms with Gasteiger partial charge in [-0.25, -0.2) is 21.6 Å². The van der Waals surface area contributed by atoms with Crippen LogP contribution < -0.4 is 10.0 Å². The van der Waals surface area contributed by atoms with Crippen molar-refractivity contribution in [1.82, 2.24) is 10.0 Å². The number of carbonyl (C=O) groups excluding carboxylic acids is 1. The molecule has 0 aliphatic carbocycles. The topological polar surface area (TPSA) is 147 Å². The highest BCUT2D eigenvalue weighted by molar-refractivity contribution is 7.92. The Kier molecular flexibility index (Phi) is 8.18. The molecule has 2 aromatic rings. The van der Waals surface area contributed by atoms with Gasteiger partial charge in [-0.15, -0.1) is 0 Å². The zero-order valence-corrected chi connectivity index (χ0v) is 18.8. The Morgan fingerprint density at radius 2 is 1.68 bits per heavy atom. The fourth-order valence-corrected chi connectivity index (χ4v) is 4.89. The number of halogens is 1. The highest BCUT2D eigenvalue weighted by Gasteiger charge is 2.22. The average molecular weight is 489 g/mol. The summed E-state index contributed by atoms with van der Waals surface area (Å²) in [4.78, 5) is 22.5. The molecule has 12 heteroatoms. The van der Waals surface area contributed by atoms with Crippen molar-refractivity contribution in [1.29, 1.82) is 0 Å². The normalized spacial score (nSPS) is 12.8. The molecule has 1 unspecified atom stereocenters. The van der Waals surface area contributed by atoms with E-state index in [2.05, 4.69) is 10.0 Å². The lowest BCUT2D eigenvalue weighted by atomic mass is 10.2. The summed E-state index contributed by atoms with van der Waals surface area (Å²) in [5, 5.41) is 11.3. The van der Waals surface area contributed by atoms with Crippen molar-refractivity contribution in [2.45, 2.75) is 29.2 Å². The Balaban J connectivity index is 2.02. The fourth-order valence-electron chi connectivity index (χ4n) is 2.52. The molecule has 0 saturated carbocycles. The molecule has 0 bridgehead atoms. The summed E-state index contributed by atoms with van der Waals surface area (Å²) >= 11 is 5.75. The maximum absolute atomic E-state index is 12.5. The second-order valence-corrected chi connectivity index (χ2v) is 10.8. The minimum atomic E-state index is -4.01. The number of carboxylic acids is 1. The predicted octanol–water partition coefficient (Wildman–Crippen LogP) is 1.22. The summed E-state index contributed by atoms with van der Waals surface area (Å²) in [5.41, 5.74) is 0.541. The summed E-state index contributed by atoms with van der Waals surface area (Å²) in [6.07, 6.45) is 0.207. The molecule has 0 aromatic heterocycles. The van der Waals surface area contributed by atoms with Gasteiger partial charge in [-0.3, -0.25) is 9.59 Å². The van der Waals surface area contributed by atoms with Crippen molar-refractivity contribution in [2.75, 3.05) is 12.3 Å². The molecular formula is C19H21ClN2O7S2. The maximum Gasteiger partial charge on any atom is 0.325 e. The highest BCUT2D eigenvalue weighted by atomic mass is 35.5. The van der Waals surface area contributed by atoms with Gasteiger partial charge in [-0.05, 0) is 55.3 Å². The van der Waals surface area contributed by atoms with Crippen molar-refractivity contribution in [2.24, 2.45) is 0 Å². The molecule has 0 radical (unpaired) electrons. The molecule has 1 amide bonds. The van der Waals surface area contributed by atoms with Crippen LogP contribution in [0.25, 0.3) is 0 Å². The number of sulfone groups is 1. The summed E-state index contributed by atoms with van der Waals surface area (Å²) in [6, 6.07) is 10.2. The third-order valence-corrected chi connectivity index (χ3v) is 7.50. The Morgan fingerprint density at radius 1 is 1.03 bits per heavy atom. The van der Waals surface area contributed by atoms with E-state index in [9.17, 15) is 26.4 Å². The van der Waals surface area contributed by atoms with Gasteiger partial charge in [0, 0.05) is 11.6 Å². The molecule has 1 atom stereocenters. The monoisotopic (exact) mass is 488 g/mol. The third kappa shape index (κ3) is 7.31. The third-order valence-electron chi connectivity index (χ3n) is 4.16. The van der Waals surface area contributed by atoms with Gasteiger partial charge in [0.25, 0.3) is 0 Å². The summed E-state index contributed by atoms with van der Waals surface area (Å²) < 4.78 is 51.9. The zero-order valence-electron chi connectivity index (χ0n) is 16.4. The van der Waals surface area contributed by atoms with Crippen molar-refractivity contribution < 1.29 is 31.5 Å². The van der Waals surface area contributed by atoms with Crippen molar-refractivity contribution in [3.63, 3.8) is 0 Å². The van der Waals surface area contributed by atoms with E-state index < -0.39 is 43.5 Å². The van der Waals surface area contributed by atoms with Crippen LogP contribution in [0.5, 0.6) is 0 Å². The summed E-state index contributed by atoms with van der Waals surface area (Å²) in [6.45, 7) is 1.24. The van der Waals surface area contributed by atoms with E-state index in [0.29, 0.717) is 10.6 Å². The average Bonchev–Trinajstić information content (AvgIpc) is 2.68. The number of hydrogen-bond acceptors (Lipinski definition) is 6. The summed E-state index contributed by atoms with van der Waals surface area (Å²) in [7, 11) is -7.76. The van der Waals surface area contributed by atoms with E-state index in [4.69, 9.17) is 16.7 Å². The van der Waals surface area contributed by atoms with Crippen LogP contribution in [0.4, 0.5) is 0 Å². The maximum atomic E-state index is 12.5. The van der Waals surface area contributed by atoms with Gasteiger partial charge in [-0.2, -0.15) is 0 Å². The molecule has 0 fully saturated rings. The minimum absolute atomic E-state index is 0.0189. The number of aliphatic carboxylic acids is 1. The van der Waals surface area contributed by atoms with E-state index in [1.807, 2.05) is 0 Å². The predicted molar refractivity (Wildman–Crippen MR) is 114 cm³/mol. The van der Waals surface area contributed by atoms with Crippen molar-refractivity contribution in [3.8, 4) is 0 Å². The summed E-state index contributed by atoms with van der Waals surface area (Å²) in [5.74, 6) is -3.12. The zero-order chi connectivity index (χ0) is 23.2. The molecule has 9 nitrogen and oxygen atoms in total. The highest BCUT2D eigenvalue weighted by Crippen LogP contribution is 2.16. The lowest BCUT2D eigenvalue weighted by molar-refractivity contribution is -0.140. The van der Waals surface area contributed by atoms with E-state index in [1.165, 1.54) is 49.4 Å². The van der Waals surface area contributed by atoms with Gasteiger partial charge in [0.1, 0.15) is 11.8 Å². The lowest BCUT2D eigenvalue weighted by Crippen LogP contribution is -2.41. The van der Waals surface area contributed by atoms with Crippen molar-refractivity contribution >= 4 is 43.3 Å². The van der Waals surface area contributed by atoms with Crippen LogP contribution in [0.1, 0.15) is 12.5 Å². The first-order valence-electron chi connectivity index (χ1n) is 9.00. The molecule has 2 rings (SSSR count). The molecule has 0 aliphatic heterocycles. The number of amides is 1. The molecule has 0 heterocycles. The van der Waals surface area contributed by atoms with Gasteiger partial charge < -0.3 is 10.4 Å². The van der Waals surface area contributed by atoms with E-state index in [-0.39, 0.29) is 22.8 Å². The number of nitrogens with one attached hydrogen (secondary N) is 2. The molecule has 31 heavy (non-hydrogen) atoms. The van der Waals surface area contributed by atoms with Crippen LogP contribution in [0.15, 0.2) is 58.3 Å². The van der Waals surface area contributed by atoms with Crippen molar-refractivity contribution in [3.05, 3.63) is 59.1 Å². The molecule has 0 spiro atoms. The second kappa shape index (κ2) is 10.2. The molecular weight excluding hydrogens is 468 g/mol. The van der Waals surface area contributed by atoms with Gasteiger partial charge in [0.2, 0.25) is 15.9 Å². The first-order valence-corrected chi connectivity index (χ1v) is 12.5. The second-order valence-electron chi connectivity index (χ2n) is 6.64. The molecule has 3 N–H and O–H groups in total. The molecule has 2 aromatic carbocycles. The van der Waals surface area contributed by atoms with E-state index in [0.717, 1.165) is 0 Å². The fraction of sp³-hybridized carbons (Fsp3) is 0.263. The van der Waals surface area contributed by atoms with Gasteiger partial charge in [-0.1, -0.05) is 23.7 Å². The first kappa shape index (κ1) is 24.8. The van der Waals surface area contributed by atoms with Crippen LogP contribution >= 0.6 is 11.6 Å². The Bertz CT molecular complexity index is 1160. The number of benzene rings is 2. The van der Waals surface area contributed by atoms with E-state index >= 15 is 0 Å². The SMILES string of the molecule is CC(NC(=O)CS(=O)(=O)c1cccc(CCNS(=O)(=O)c2ccc(Cl)cc2)c1)C(=O)O. The number of sulfonamides is 1. The van der Waals surface area contributed by atoms with Crippen LogP contribution in [0, 0.1) is 0 Å². The van der Waals surface area contributed by atoms with Gasteiger partial charge >= 0.3 is 5.97 Å². The smallest absolute Gasteiger partial charge is 0.325 e. The van der Waals surface area contributed by atoms with Crippen LogP contribution in [0.2, 0.25) is 5.02 Å². The lowest BCUT2D eigenvalue weighted by Gasteiger charge is -2.11. The van der Waals surface area contributed by atoms with E-state index in [1.54, 1.807) is 6.07 Å². The molecule has 0 aliphatic rings. The Labute approximate surface area is 185 Å². The number of hydrogen-bond donors (Lipinski definition) is 3. The molecule has 168 valence electrons. The quantitative estimate of drug-likeness (QED) is 0.455. The Morgan fingerprint density at radius 3 is 2.29 bits per heavy atom. The standard InChI is InChI=1S/C19H21ClN2O7S2/c1-13(19(24)25)22-18(23)12-30(26,27)17-4-2-3-14(11-17)9-10-21-31(28,29)16-7-5-15(20)6-8-16/h2-8,11,13,21H,9-10,12H2,1H3,(H,22,23)(H,24,25). The number of carboxylic acid groups (broad SMARTS) is 1.